The van der Waals surface area contributed by atoms with Gasteiger partial charge in [0.2, 0.25) is 0 Å². The second kappa shape index (κ2) is 6.98. The summed E-state index contributed by atoms with van der Waals surface area (Å²) in [6, 6.07) is 0.0470. The largest absolute Gasteiger partial charge is 0.381 e. The molecule has 6 nitrogen and oxygen atoms in total. The molecule has 1 aromatic heterocycles. The number of aryl methyl sites for hydroxylation is 1. The zero-order valence-electron chi connectivity index (χ0n) is 12.4. The molecule has 7 heteroatoms. The van der Waals surface area contributed by atoms with Crippen LogP contribution in [0.25, 0.3) is 0 Å². The van der Waals surface area contributed by atoms with Crippen LogP contribution in [-0.4, -0.2) is 47.5 Å². The second-order valence-corrected chi connectivity index (χ2v) is 5.91. The molecule has 0 aromatic carbocycles. The fraction of sp³-hybridized carbons (Fsp3) is 0.846. The molecule has 0 amide bonds. The van der Waals surface area contributed by atoms with Crippen LogP contribution in [0.15, 0.2) is 4.60 Å². The molecule has 1 unspecified atom stereocenters. The fourth-order valence-corrected chi connectivity index (χ4v) is 3.35. The van der Waals surface area contributed by atoms with Crippen molar-refractivity contribution >= 4 is 15.9 Å². The molecule has 1 aliphatic heterocycles. The van der Waals surface area contributed by atoms with Gasteiger partial charge in [0.05, 0.1) is 17.3 Å². The highest BCUT2D eigenvalue weighted by Crippen LogP contribution is 2.39. The van der Waals surface area contributed by atoms with Gasteiger partial charge in [0, 0.05) is 40.2 Å². The highest BCUT2D eigenvalue weighted by atomic mass is 79.9. The summed E-state index contributed by atoms with van der Waals surface area (Å²) in [5, 5.41) is 11.8. The first-order valence-electron chi connectivity index (χ1n) is 7.06. The number of methoxy groups -OCH3 is 1. The van der Waals surface area contributed by atoms with Crippen LogP contribution in [0.5, 0.6) is 0 Å². The second-order valence-electron chi connectivity index (χ2n) is 5.16. The van der Waals surface area contributed by atoms with Crippen molar-refractivity contribution in [1.82, 2.24) is 20.3 Å². The summed E-state index contributed by atoms with van der Waals surface area (Å²) in [7, 11) is 3.69. The van der Waals surface area contributed by atoms with Crippen LogP contribution >= 0.6 is 15.9 Å². The Morgan fingerprint density at radius 1 is 1.50 bits per heavy atom. The average molecular weight is 347 g/mol. The number of nitrogens with zero attached hydrogens (tertiary/aromatic N) is 3. The maximum atomic E-state index is 5.94. The molecule has 1 saturated heterocycles. The lowest BCUT2D eigenvalue weighted by Crippen LogP contribution is -2.50. The topological polar surface area (TPSA) is 61.2 Å². The lowest BCUT2D eigenvalue weighted by atomic mass is 9.84. The Morgan fingerprint density at radius 3 is 2.70 bits per heavy atom. The molecule has 1 atom stereocenters. The Hall–Kier alpha value is -0.500. The number of nitrogens with one attached hydrogen (secondary N) is 1. The van der Waals surface area contributed by atoms with Crippen molar-refractivity contribution in [1.29, 1.82) is 0 Å². The Morgan fingerprint density at radius 2 is 2.20 bits per heavy atom. The first kappa shape index (κ1) is 15.9. The number of hydrogen-bond acceptors (Lipinski definition) is 5. The van der Waals surface area contributed by atoms with Crippen LogP contribution in [0.3, 0.4) is 0 Å². The van der Waals surface area contributed by atoms with Gasteiger partial charge in [-0.1, -0.05) is 12.1 Å². The minimum Gasteiger partial charge on any atom is -0.381 e. The molecule has 0 spiro atoms. The molecule has 1 N–H and O–H groups in total. The van der Waals surface area contributed by atoms with E-state index >= 15 is 0 Å². The van der Waals surface area contributed by atoms with Crippen LogP contribution < -0.4 is 5.32 Å². The van der Waals surface area contributed by atoms with E-state index in [1.54, 1.807) is 7.11 Å². The van der Waals surface area contributed by atoms with Crippen LogP contribution in [0.4, 0.5) is 0 Å². The van der Waals surface area contributed by atoms with E-state index in [9.17, 15) is 0 Å². The number of aromatic nitrogens is 3. The molecular formula is C13H23BrN4O2. The van der Waals surface area contributed by atoms with E-state index in [1.165, 1.54) is 0 Å². The minimum absolute atomic E-state index is 0.0470. The first-order valence-corrected chi connectivity index (χ1v) is 7.85. The molecule has 1 fully saturated rings. The average Bonchev–Trinajstić information content (AvgIpc) is 2.80. The van der Waals surface area contributed by atoms with Gasteiger partial charge in [-0.2, -0.15) is 0 Å². The van der Waals surface area contributed by atoms with Crippen molar-refractivity contribution in [2.24, 2.45) is 7.05 Å². The highest BCUT2D eigenvalue weighted by Gasteiger charge is 2.43. The Balaban J connectivity index is 2.35. The molecule has 2 rings (SSSR count). The van der Waals surface area contributed by atoms with Crippen LogP contribution in [-0.2, 0) is 16.5 Å². The quantitative estimate of drug-likeness (QED) is 0.851. The van der Waals surface area contributed by atoms with Gasteiger partial charge in [0.1, 0.15) is 0 Å². The lowest BCUT2D eigenvalue weighted by Gasteiger charge is -2.42. The predicted molar refractivity (Wildman–Crippen MR) is 79.5 cm³/mol. The van der Waals surface area contributed by atoms with E-state index in [2.05, 4.69) is 38.5 Å². The van der Waals surface area contributed by atoms with E-state index in [0.29, 0.717) is 0 Å². The third-order valence-corrected chi connectivity index (χ3v) is 4.54. The summed E-state index contributed by atoms with van der Waals surface area (Å²) in [5.41, 5.74) is 0.757. The number of halogens is 1. The van der Waals surface area contributed by atoms with Crippen molar-refractivity contribution < 1.29 is 9.47 Å². The smallest absolute Gasteiger partial charge is 0.153 e. The predicted octanol–water partition coefficient (Wildman–Crippen LogP) is 1.81. The Bertz CT molecular complexity index is 413. The van der Waals surface area contributed by atoms with E-state index in [1.807, 2.05) is 11.7 Å². The summed E-state index contributed by atoms with van der Waals surface area (Å²) in [5.74, 6) is 0. The third kappa shape index (κ3) is 3.05. The number of ether oxygens (including phenoxy) is 2. The monoisotopic (exact) mass is 346 g/mol. The van der Waals surface area contributed by atoms with E-state index in [0.717, 1.165) is 49.3 Å². The first-order chi connectivity index (χ1) is 9.64. The Labute approximate surface area is 128 Å². The molecule has 0 saturated carbocycles. The molecule has 114 valence electrons. The van der Waals surface area contributed by atoms with Gasteiger partial charge in [-0.05, 0) is 28.9 Å². The van der Waals surface area contributed by atoms with E-state index in [-0.39, 0.29) is 11.6 Å². The number of hydrogen-bond donors (Lipinski definition) is 1. The Kier molecular flexibility index (Phi) is 5.54. The molecule has 0 radical (unpaired) electrons. The molecule has 1 aromatic rings. The summed E-state index contributed by atoms with van der Waals surface area (Å²) in [6.45, 7) is 4.53. The van der Waals surface area contributed by atoms with Crippen LogP contribution in [0, 0.1) is 0 Å². The lowest BCUT2D eigenvalue weighted by molar-refractivity contribution is -0.113. The van der Waals surface area contributed by atoms with Gasteiger partial charge in [0.15, 0.2) is 4.60 Å². The summed E-state index contributed by atoms with van der Waals surface area (Å²) < 4.78 is 14.0. The van der Waals surface area contributed by atoms with Crippen molar-refractivity contribution in [2.45, 2.75) is 37.8 Å². The third-order valence-electron chi connectivity index (χ3n) is 3.97. The molecule has 0 aliphatic carbocycles. The zero-order valence-corrected chi connectivity index (χ0v) is 13.9. The normalized spacial score (nSPS) is 20.0. The van der Waals surface area contributed by atoms with E-state index in [4.69, 9.17) is 9.47 Å². The van der Waals surface area contributed by atoms with Gasteiger partial charge in [-0.3, -0.25) is 0 Å². The molecule has 20 heavy (non-hydrogen) atoms. The van der Waals surface area contributed by atoms with Gasteiger partial charge in [0.25, 0.3) is 0 Å². The van der Waals surface area contributed by atoms with E-state index < -0.39 is 0 Å². The maximum absolute atomic E-state index is 5.94. The van der Waals surface area contributed by atoms with Crippen LogP contribution in [0.2, 0.25) is 0 Å². The van der Waals surface area contributed by atoms with Crippen molar-refractivity contribution in [3.05, 3.63) is 10.3 Å². The van der Waals surface area contributed by atoms with Gasteiger partial charge in [-0.25, -0.2) is 4.68 Å². The summed E-state index contributed by atoms with van der Waals surface area (Å²) >= 11 is 3.51. The maximum Gasteiger partial charge on any atom is 0.153 e. The summed E-state index contributed by atoms with van der Waals surface area (Å²) in [6.07, 6.45) is 2.79. The van der Waals surface area contributed by atoms with Crippen LogP contribution in [0.1, 0.15) is 37.9 Å². The van der Waals surface area contributed by atoms with Crippen molar-refractivity contribution in [2.75, 3.05) is 26.9 Å². The fourth-order valence-electron chi connectivity index (χ4n) is 2.79. The molecule has 1 aliphatic rings. The molecular weight excluding hydrogens is 324 g/mol. The SMILES string of the molecule is CCCNC(c1c(Br)nnn1C)C1(OC)CCOCC1. The summed E-state index contributed by atoms with van der Waals surface area (Å²) in [4.78, 5) is 0. The van der Waals surface area contributed by atoms with Gasteiger partial charge < -0.3 is 14.8 Å². The number of rotatable bonds is 6. The highest BCUT2D eigenvalue weighted by molar-refractivity contribution is 9.10. The minimum atomic E-state index is -0.272. The standard InChI is InChI=1S/C13H23BrN4O2/c1-4-7-15-11(10-12(14)16-17-18(10)2)13(19-3)5-8-20-9-6-13/h11,15H,4-9H2,1-3H3. The van der Waals surface area contributed by atoms with Crippen molar-refractivity contribution in [3.8, 4) is 0 Å². The molecule has 2 heterocycles. The molecule has 0 bridgehead atoms. The van der Waals surface area contributed by atoms with Crippen molar-refractivity contribution in [3.63, 3.8) is 0 Å². The van der Waals surface area contributed by atoms with Gasteiger partial charge in [-0.15, -0.1) is 5.10 Å². The zero-order chi connectivity index (χ0) is 14.6. The van der Waals surface area contributed by atoms with Gasteiger partial charge >= 0.3 is 0 Å².